The first kappa shape index (κ1) is 19.0. The first-order valence-corrected chi connectivity index (χ1v) is 7.99. The molecule has 0 aliphatic carbocycles. The summed E-state index contributed by atoms with van der Waals surface area (Å²) in [5.74, 6) is -2.17. The minimum atomic E-state index is -1.29. The Kier molecular flexibility index (Phi) is 5.84. The third-order valence-corrected chi connectivity index (χ3v) is 3.94. The molecular formula is C16H12Cl2N2O4S. The molecule has 0 heterocycles. The van der Waals surface area contributed by atoms with Gasteiger partial charge < -0.3 is 15.5 Å². The van der Waals surface area contributed by atoms with Crippen LogP contribution < -0.4 is 10.6 Å². The second kappa shape index (κ2) is 7.69. The molecule has 1 amide bonds. The number of thiocarbonyl (C=S) groups is 1. The number of hydrogen-bond donors (Lipinski definition) is 4. The monoisotopic (exact) mass is 398 g/mol. The number of carboxylic acids is 1. The van der Waals surface area contributed by atoms with Gasteiger partial charge in [-0.1, -0.05) is 23.2 Å². The molecule has 0 saturated carbocycles. The second-order valence-electron chi connectivity index (χ2n) is 5.03. The maximum atomic E-state index is 12.2. The van der Waals surface area contributed by atoms with Gasteiger partial charge in [-0.15, -0.1) is 0 Å². The summed E-state index contributed by atoms with van der Waals surface area (Å²) < 4.78 is 0. The van der Waals surface area contributed by atoms with Crippen LogP contribution in [0.15, 0.2) is 30.3 Å². The van der Waals surface area contributed by atoms with Crippen LogP contribution in [0.1, 0.15) is 26.3 Å². The van der Waals surface area contributed by atoms with Gasteiger partial charge in [0.25, 0.3) is 5.91 Å². The van der Waals surface area contributed by atoms with E-state index in [2.05, 4.69) is 10.6 Å². The van der Waals surface area contributed by atoms with Crippen LogP contribution in [-0.4, -0.2) is 27.2 Å². The highest BCUT2D eigenvalue weighted by Crippen LogP contribution is 2.26. The lowest BCUT2D eigenvalue weighted by atomic mass is 10.1. The summed E-state index contributed by atoms with van der Waals surface area (Å²) in [6.07, 6.45) is 0. The van der Waals surface area contributed by atoms with Crippen LogP contribution in [-0.2, 0) is 0 Å². The lowest BCUT2D eigenvalue weighted by Crippen LogP contribution is -2.34. The minimum absolute atomic E-state index is 0.0579. The third-order valence-electron chi connectivity index (χ3n) is 3.19. The van der Waals surface area contributed by atoms with Crippen LogP contribution >= 0.6 is 35.4 Å². The molecule has 0 aromatic heterocycles. The number of carbonyl (C=O) groups excluding carboxylic acids is 1. The number of amides is 1. The number of hydrogen-bond acceptors (Lipinski definition) is 4. The average molecular weight is 399 g/mol. The van der Waals surface area contributed by atoms with E-state index in [1.807, 2.05) is 0 Å². The summed E-state index contributed by atoms with van der Waals surface area (Å²) in [5.41, 5.74) is 0.554. The van der Waals surface area contributed by atoms with Gasteiger partial charge in [-0.2, -0.15) is 0 Å². The molecule has 2 rings (SSSR count). The Morgan fingerprint density at radius 2 is 1.80 bits per heavy atom. The molecule has 0 unspecified atom stereocenters. The van der Waals surface area contributed by atoms with Crippen molar-refractivity contribution in [3.63, 3.8) is 0 Å². The van der Waals surface area contributed by atoms with Crippen LogP contribution in [0.4, 0.5) is 5.69 Å². The summed E-state index contributed by atoms with van der Waals surface area (Å²) >= 11 is 16.8. The van der Waals surface area contributed by atoms with E-state index >= 15 is 0 Å². The van der Waals surface area contributed by atoms with Gasteiger partial charge in [-0.3, -0.25) is 10.1 Å². The molecule has 2 aromatic carbocycles. The van der Waals surface area contributed by atoms with E-state index in [9.17, 15) is 14.7 Å². The fourth-order valence-corrected chi connectivity index (χ4v) is 2.73. The molecule has 6 nitrogen and oxygen atoms in total. The molecule has 0 fully saturated rings. The highest BCUT2D eigenvalue weighted by atomic mass is 35.5. The predicted molar refractivity (Wildman–Crippen MR) is 100.0 cm³/mol. The normalized spacial score (nSPS) is 10.2. The van der Waals surface area contributed by atoms with Crippen molar-refractivity contribution < 1.29 is 19.8 Å². The van der Waals surface area contributed by atoms with Crippen LogP contribution in [0.5, 0.6) is 5.75 Å². The topological polar surface area (TPSA) is 98.7 Å². The van der Waals surface area contributed by atoms with Crippen molar-refractivity contribution in [2.75, 3.05) is 5.32 Å². The molecule has 0 aliphatic heterocycles. The van der Waals surface area contributed by atoms with Crippen LogP contribution in [0.25, 0.3) is 0 Å². The van der Waals surface area contributed by atoms with E-state index in [0.29, 0.717) is 16.3 Å². The molecular weight excluding hydrogens is 387 g/mol. The van der Waals surface area contributed by atoms with Gasteiger partial charge in [0.1, 0.15) is 11.3 Å². The minimum Gasteiger partial charge on any atom is -0.507 e. The highest BCUT2D eigenvalue weighted by molar-refractivity contribution is 7.80. The maximum Gasteiger partial charge on any atom is 0.339 e. The Morgan fingerprint density at radius 1 is 1.12 bits per heavy atom. The first-order valence-electron chi connectivity index (χ1n) is 6.83. The van der Waals surface area contributed by atoms with E-state index in [-0.39, 0.29) is 27.0 Å². The SMILES string of the molecule is Cc1cc(NC(=S)NC(=O)c2ccc(Cl)cc2Cl)cc(C(=O)O)c1O. The van der Waals surface area contributed by atoms with Crippen molar-refractivity contribution in [1.29, 1.82) is 0 Å². The number of carboxylic acid groups (broad SMARTS) is 1. The van der Waals surface area contributed by atoms with Crippen LogP contribution in [0.2, 0.25) is 10.0 Å². The Bertz CT molecular complexity index is 887. The largest absolute Gasteiger partial charge is 0.507 e. The fraction of sp³-hybridized carbons (Fsp3) is 0.0625. The number of aromatic carboxylic acids is 1. The van der Waals surface area contributed by atoms with Crippen molar-refractivity contribution in [1.82, 2.24) is 5.32 Å². The van der Waals surface area contributed by atoms with Crippen molar-refractivity contribution >= 4 is 58.1 Å². The number of nitrogens with one attached hydrogen (secondary N) is 2. The quantitative estimate of drug-likeness (QED) is 0.463. The second-order valence-corrected chi connectivity index (χ2v) is 6.28. The Morgan fingerprint density at radius 3 is 2.40 bits per heavy atom. The Balaban J connectivity index is 2.15. The molecule has 9 heteroatoms. The molecule has 0 atom stereocenters. The van der Waals surface area contributed by atoms with E-state index in [0.717, 1.165) is 0 Å². The smallest absolute Gasteiger partial charge is 0.339 e. The molecule has 130 valence electrons. The zero-order valence-corrected chi connectivity index (χ0v) is 15.1. The Hall–Kier alpha value is -2.35. The molecule has 0 aliphatic rings. The van der Waals surface area contributed by atoms with Crippen molar-refractivity contribution in [2.24, 2.45) is 0 Å². The van der Waals surface area contributed by atoms with Crippen molar-refractivity contribution in [3.8, 4) is 5.75 Å². The number of benzene rings is 2. The summed E-state index contributed by atoms with van der Waals surface area (Å²) in [6.45, 7) is 1.54. The van der Waals surface area contributed by atoms with Crippen LogP contribution in [0.3, 0.4) is 0 Å². The van der Waals surface area contributed by atoms with Gasteiger partial charge in [-0.25, -0.2) is 4.79 Å². The highest BCUT2D eigenvalue weighted by Gasteiger charge is 2.15. The zero-order valence-electron chi connectivity index (χ0n) is 12.8. The van der Waals surface area contributed by atoms with E-state index in [1.54, 1.807) is 6.92 Å². The first-order chi connectivity index (χ1) is 11.7. The Labute approximate surface area is 158 Å². The van der Waals surface area contributed by atoms with Crippen molar-refractivity contribution in [3.05, 3.63) is 57.1 Å². The number of phenols is 1. The van der Waals surface area contributed by atoms with Gasteiger partial charge in [0.15, 0.2) is 5.11 Å². The lowest BCUT2D eigenvalue weighted by molar-refractivity contribution is 0.0693. The molecule has 0 saturated heterocycles. The lowest BCUT2D eigenvalue weighted by Gasteiger charge is -2.12. The number of halogens is 2. The standard InChI is InChI=1S/C16H12Cl2N2O4S/c1-7-4-9(6-11(13(7)21)15(23)24)19-16(25)20-14(22)10-3-2-8(17)5-12(10)18/h2-6,21H,1H3,(H,23,24)(H2,19,20,22,25). The number of carbonyl (C=O) groups is 2. The fourth-order valence-electron chi connectivity index (χ4n) is 2.02. The number of aryl methyl sites for hydroxylation is 1. The predicted octanol–water partition coefficient (Wildman–Crippen LogP) is 3.83. The maximum absolute atomic E-state index is 12.2. The zero-order chi connectivity index (χ0) is 18.7. The molecule has 0 bridgehead atoms. The molecule has 2 aromatic rings. The molecule has 0 radical (unpaired) electrons. The van der Waals surface area contributed by atoms with Gasteiger partial charge in [0, 0.05) is 10.7 Å². The van der Waals surface area contributed by atoms with Crippen LogP contribution in [0, 0.1) is 6.92 Å². The summed E-state index contributed by atoms with van der Waals surface area (Å²) in [7, 11) is 0. The summed E-state index contributed by atoms with van der Waals surface area (Å²) in [4.78, 5) is 23.3. The van der Waals surface area contributed by atoms with Gasteiger partial charge in [0.05, 0.1) is 10.6 Å². The average Bonchev–Trinajstić information content (AvgIpc) is 2.49. The number of aromatic hydroxyl groups is 1. The molecule has 25 heavy (non-hydrogen) atoms. The summed E-state index contributed by atoms with van der Waals surface area (Å²) in [6, 6.07) is 7.10. The third kappa shape index (κ3) is 4.60. The van der Waals surface area contributed by atoms with Gasteiger partial charge >= 0.3 is 5.97 Å². The number of anilines is 1. The van der Waals surface area contributed by atoms with E-state index in [4.69, 9.17) is 40.5 Å². The van der Waals surface area contributed by atoms with E-state index < -0.39 is 11.9 Å². The van der Waals surface area contributed by atoms with E-state index in [1.165, 1.54) is 30.3 Å². The van der Waals surface area contributed by atoms with Gasteiger partial charge in [-0.05, 0) is 55.0 Å². The summed E-state index contributed by atoms with van der Waals surface area (Å²) in [5, 5.41) is 24.4. The molecule has 0 spiro atoms. The van der Waals surface area contributed by atoms with Crippen molar-refractivity contribution in [2.45, 2.75) is 6.92 Å². The molecule has 4 N–H and O–H groups in total. The number of rotatable bonds is 3. The van der Waals surface area contributed by atoms with Gasteiger partial charge in [0.2, 0.25) is 0 Å².